The van der Waals surface area contributed by atoms with E-state index in [1.165, 1.54) is 6.20 Å². The molecular weight excluding hydrogens is 744 g/mol. The van der Waals surface area contributed by atoms with Crippen molar-refractivity contribution in [3.05, 3.63) is 52.1 Å². The average molecular weight is 801 g/mol. The lowest BCUT2D eigenvalue weighted by molar-refractivity contribution is -0.157. The monoisotopic (exact) mass is 800 g/mol. The fourth-order valence-corrected chi connectivity index (χ4v) is 4.40. The van der Waals surface area contributed by atoms with Crippen LogP contribution < -0.4 is 27.7 Å². The molecule has 1 aromatic carbocycles. The molecule has 0 bridgehead atoms. The summed E-state index contributed by atoms with van der Waals surface area (Å²) in [5, 5.41) is 5.77. The number of terminal acetylenes is 1. The Balaban J connectivity index is 0.000000441. The second-order valence-electron chi connectivity index (χ2n) is 12.8. The number of benzene rings is 1. The van der Waals surface area contributed by atoms with E-state index in [9.17, 15) is 19.2 Å². The molecule has 0 aliphatic rings. The lowest BCUT2D eigenvalue weighted by Gasteiger charge is -2.24. The van der Waals surface area contributed by atoms with Crippen molar-refractivity contribution >= 4 is 41.0 Å². The van der Waals surface area contributed by atoms with Crippen molar-refractivity contribution in [2.45, 2.75) is 51.8 Å². The summed E-state index contributed by atoms with van der Waals surface area (Å²) in [6.07, 6.45) is 7.46. The minimum Gasteiger partial charge on any atom is -0.458 e. The van der Waals surface area contributed by atoms with E-state index in [0.29, 0.717) is 109 Å². The maximum atomic E-state index is 12.7. The van der Waals surface area contributed by atoms with Gasteiger partial charge in [-0.25, -0.2) is 14.8 Å². The summed E-state index contributed by atoms with van der Waals surface area (Å²) in [4.78, 5) is 62.5. The number of carbonyl (C=O) groups is 3. The number of aromatic nitrogens is 4. The number of carbonyl (C=O) groups excluding carboxylic acids is 3. The van der Waals surface area contributed by atoms with Gasteiger partial charge in [0.05, 0.1) is 91.1 Å². The van der Waals surface area contributed by atoms with Crippen molar-refractivity contribution in [1.82, 2.24) is 25.3 Å². The number of amides is 1. The third-order valence-electron chi connectivity index (χ3n) is 6.98. The maximum absolute atomic E-state index is 12.7. The van der Waals surface area contributed by atoms with Gasteiger partial charge in [0.15, 0.2) is 11.2 Å². The molecule has 0 fully saturated rings. The topological polar surface area (TPSA) is 263 Å². The Kier molecular flexibility index (Phi) is 23.9. The highest BCUT2D eigenvalue weighted by Gasteiger charge is 2.26. The Bertz CT molecular complexity index is 1710. The van der Waals surface area contributed by atoms with Gasteiger partial charge in [-0.15, -0.1) is 6.42 Å². The summed E-state index contributed by atoms with van der Waals surface area (Å²) in [5.74, 6) is 1.29. The van der Waals surface area contributed by atoms with Gasteiger partial charge >= 0.3 is 5.97 Å². The van der Waals surface area contributed by atoms with E-state index in [4.69, 9.17) is 51.0 Å². The zero-order valence-corrected chi connectivity index (χ0v) is 32.9. The standard InChI is InChI=1S/C23H27N7O5.C15H29NO6/c1-23(2,3)35-21(34)16(5-4-10-31)28-19(32)13-6-8-14(9-7-13)25-11-15-12-26-18-17(27-15)20(33)30-22(24)29-18;1-2-4-17-6-8-19-10-12-21-14-15-22-13-11-20-9-7-18-5-3-16/h6-10,12,16,25H,4-5,11H2,1-3H3,(H,28,32)(H3,24,26,29,30,33);1H,3-16H2. The third-order valence-corrected chi connectivity index (χ3v) is 6.98. The summed E-state index contributed by atoms with van der Waals surface area (Å²) in [6.45, 7) is 12.3. The van der Waals surface area contributed by atoms with E-state index in [1.54, 1.807) is 45.0 Å². The van der Waals surface area contributed by atoms with E-state index in [2.05, 4.69) is 36.5 Å². The molecule has 3 aromatic rings. The van der Waals surface area contributed by atoms with Crippen molar-refractivity contribution in [1.29, 1.82) is 0 Å². The number of ether oxygens (including phenoxy) is 7. The summed E-state index contributed by atoms with van der Waals surface area (Å²) in [6, 6.07) is 5.61. The van der Waals surface area contributed by atoms with Crippen LogP contribution in [0.15, 0.2) is 35.3 Å². The summed E-state index contributed by atoms with van der Waals surface area (Å²) in [7, 11) is 0. The molecule has 1 amide bonds. The number of nitrogens with two attached hydrogens (primary N) is 2. The molecule has 314 valence electrons. The highest BCUT2D eigenvalue weighted by Crippen LogP contribution is 2.14. The average Bonchev–Trinajstić information content (AvgIpc) is 3.18. The van der Waals surface area contributed by atoms with Crippen LogP contribution in [0, 0.1) is 12.3 Å². The van der Waals surface area contributed by atoms with Crippen LogP contribution >= 0.6 is 0 Å². The van der Waals surface area contributed by atoms with Crippen molar-refractivity contribution in [3.63, 3.8) is 0 Å². The number of H-pyrrole nitrogens is 1. The number of nitrogen functional groups attached to an aromatic ring is 1. The van der Waals surface area contributed by atoms with E-state index in [0.717, 1.165) is 0 Å². The number of nitrogens with one attached hydrogen (secondary N) is 3. The Morgan fingerprint density at radius 1 is 0.895 bits per heavy atom. The fourth-order valence-electron chi connectivity index (χ4n) is 4.40. The predicted molar refractivity (Wildman–Crippen MR) is 211 cm³/mol. The van der Waals surface area contributed by atoms with Crippen LogP contribution in [-0.2, 0) is 49.3 Å². The normalized spacial score (nSPS) is 11.6. The Morgan fingerprint density at radius 3 is 1.98 bits per heavy atom. The molecule has 2 heterocycles. The van der Waals surface area contributed by atoms with Crippen LogP contribution in [0.4, 0.5) is 11.6 Å². The molecule has 19 heteroatoms. The van der Waals surface area contributed by atoms with Gasteiger partial charge in [0.1, 0.15) is 24.5 Å². The second kappa shape index (κ2) is 28.3. The number of hydrogen-bond donors (Lipinski definition) is 5. The first-order valence-corrected chi connectivity index (χ1v) is 18.4. The van der Waals surface area contributed by atoms with Crippen LogP contribution in [0.5, 0.6) is 0 Å². The van der Waals surface area contributed by atoms with E-state index in [1.807, 2.05) is 0 Å². The molecule has 19 nitrogen and oxygen atoms in total. The fraction of sp³-hybridized carbons (Fsp3) is 0.553. The number of rotatable bonds is 27. The first kappa shape index (κ1) is 48.1. The molecular formula is C38H56N8O11. The van der Waals surface area contributed by atoms with Gasteiger partial charge in [0.2, 0.25) is 5.95 Å². The number of hydrogen-bond acceptors (Lipinski definition) is 17. The highest BCUT2D eigenvalue weighted by atomic mass is 16.6. The molecule has 3 rings (SSSR count). The third kappa shape index (κ3) is 21.7. The SMILES string of the molecule is C#CCOCCOCCOCCOCCOCCOCCN.CC(C)(C)OC(=O)C(CCC=O)NC(=O)c1ccc(NCc2cnc3nc(N)[nH]c(=O)c3n2)cc1. The molecule has 0 aliphatic heterocycles. The first-order valence-electron chi connectivity index (χ1n) is 18.4. The largest absolute Gasteiger partial charge is 0.458 e. The molecule has 7 N–H and O–H groups in total. The van der Waals surface area contributed by atoms with Crippen LogP contribution in [0.1, 0.15) is 49.7 Å². The van der Waals surface area contributed by atoms with Gasteiger partial charge < -0.3 is 60.1 Å². The second-order valence-corrected chi connectivity index (χ2v) is 12.8. The molecule has 1 atom stereocenters. The van der Waals surface area contributed by atoms with Crippen LogP contribution in [0.25, 0.3) is 11.2 Å². The van der Waals surface area contributed by atoms with Crippen molar-refractivity contribution < 1.29 is 47.5 Å². The number of aromatic amines is 1. The Labute approximate surface area is 332 Å². The van der Waals surface area contributed by atoms with Crippen molar-refractivity contribution in [2.75, 3.05) is 96.9 Å². The van der Waals surface area contributed by atoms with Gasteiger partial charge in [-0.2, -0.15) is 4.98 Å². The Morgan fingerprint density at radius 2 is 1.46 bits per heavy atom. The van der Waals surface area contributed by atoms with E-state index < -0.39 is 29.1 Å². The van der Waals surface area contributed by atoms with Gasteiger partial charge in [-0.3, -0.25) is 14.6 Å². The molecule has 0 radical (unpaired) electrons. The van der Waals surface area contributed by atoms with Crippen LogP contribution in [0.3, 0.4) is 0 Å². The van der Waals surface area contributed by atoms with Crippen molar-refractivity contribution in [2.24, 2.45) is 5.73 Å². The minimum atomic E-state index is -0.941. The smallest absolute Gasteiger partial charge is 0.329 e. The van der Waals surface area contributed by atoms with Gasteiger partial charge in [0, 0.05) is 24.2 Å². The molecule has 57 heavy (non-hydrogen) atoms. The molecule has 2 aromatic heterocycles. The number of aldehydes is 1. The summed E-state index contributed by atoms with van der Waals surface area (Å²) >= 11 is 0. The number of fused-ring (bicyclic) bond motifs is 1. The molecule has 1 unspecified atom stereocenters. The highest BCUT2D eigenvalue weighted by molar-refractivity contribution is 5.97. The summed E-state index contributed by atoms with van der Waals surface area (Å²) in [5.41, 5.74) is 11.4. The molecule has 0 saturated carbocycles. The Hall–Kier alpha value is -5.07. The molecule has 0 spiro atoms. The summed E-state index contributed by atoms with van der Waals surface area (Å²) < 4.78 is 36.8. The van der Waals surface area contributed by atoms with Gasteiger partial charge in [-0.05, 0) is 51.5 Å². The maximum Gasteiger partial charge on any atom is 0.329 e. The quantitative estimate of drug-likeness (QED) is 0.0312. The van der Waals surface area contributed by atoms with Crippen LogP contribution in [-0.4, -0.2) is 136 Å². The zero-order chi connectivity index (χ0) is 41.7. The van der Waals surface area contributed by atoms with E-state index >= 15 is 0 Å². The van der Waals surface area contributed by atoms with E-state index in [-0.39, 0.29) is 36.5 Å². The molecule has 0 saturated heterocycles. The van der Waals surface area contributed by atoms with Crippen molar-refractivity contribution in [3.8, 4) is 12.3 Å². The van der Waals surface area contributed by atoms with Crippen LogP contribution in [0.2, 0.25) is 0 Å². The lowest BCUT2D eigenvalue weighted by Crippen LogP contribution is -2.44. The molecule has 0 aliphatic carbocycles. The van der Waals surface area contributed by atoms with Gasteiger partial charge in [-0.1, -0.05) is 5.92 Å². The lowest BCUT2D eigenvalue weighted by atomic mass is 10.1. The number of anilines is 2. The first-order chi connectivity index (χ1) is 27.5. The number of nitrogens with zero attached hydrogens (tertiary/aromatic N) is 3. The number of esters is 1. The minimum absolute atomic E-state index is 0.0343. The predicted octanol–water partition coefficient (Wildman–Crippen LogP) is 1.00. The van der Waals surface area contributed by atoms with Gasteiger partial charge in [0.25, 0.3) is 11.5 Å². The zero-order valence-electron chi connectivity index (χ0n) is 32.9.